The summed E-state index contributed by atoms with van der Waals surface area (Å²) in [5.74, 6) is 0.190. The highest BCUT2D eigenvalue weighted by molar-refractivity contribution is 9.10. The van der Waals surface area contributed by atoms with E-state index in [1.54, 1.807) is 11.3 Å². The highest BCUT2D eigenvalue weighted by Gasteiger charge is 2.17. The van der Waals surface area contributed by atoms with E-state index < -0.39 is 0 Å². The van der Waals surface area contributed by atoms with Crippen LogP contribution >= 0.6 is 27.3 Å². The van der Waals surface area contributed by atoms with Gasteiger partial charge in [-0.05, 0) is 28.8 Å². The molecule has 4 heteroatoms. The number of ketones is 1. The van der Waals surface area contributed by atoms with E-state index in [1.807, 2.05) is 10.8 Å². The van der Waals surface area contributed by atoms with Gasteiger partial charge in [0, 0.05) is 26.8 Å². The second-order valence-electron chi connectivity index (χ2n) is 3.92. The van der Waals surface area contributed by atoms with Gasteiger partial charge in [0.25, 0.3) is 0 Å². The van der Waals surface area contributed by atoms with Gasteiger partial charge in [-0.1, -0.05) is 12.8 Å². The monoisotopic (exact) mass is 287 g/mol. The predicted octanol–water partition coefficient (Wildman–Crippen LogP) is 3.23. The normalized spacial score (nSPS) is 17.1. The largest absolute Gasteiger partial charge is 0.307 e. The minimum atomic E-state index is 0.190. The fourth-order valence-corrected chi connectivity index (χ4v) is 3.46. The number of halogens is 1. The number of nitrogens with one attached hydrogen (secondary N) is 1. The Morgan fingerprint density at radius 3 is 2.80 bits per heavy atom. The molecule has 0 aliphatic heterocycles. The summed E-state index contributed by atoms with van der Waals surface area (Å²) < 4.78 is 0.922. The van der Waals surface area contributed by atoms with Gasteiger partial charge in [0.05, 0.1) is 6.54 Å². The summed E-state index contributed by atoms with van der Waals surface area (Å²) in [7, 11) is 0. The molecule has 1 saturated carbocycles. The first kappa shape index (κ1) is 11.3. The molecule has 1 fully saturated rings. The number of hydrogen-bond acceptors (Lipinski definition) is 3. The Morgan fingerprint density at radius 2 is 2.20 bits per heavy atom. The zero-order valence-electron chi connectivity index (χ0n) is 8.46. The van der Waals surface area contributed by atoms with E-state index in [0.717, 1.165) is 10.0 Å². The van der Waals surface area contributed by atoms with Crippen molar-refractivity contribution >= 4 is 33.0 Å². The third-order valence-corrected chi connectivity index (χ3v) is 4.52. The first-order chi connectivity index (χ1) is 7.27. The Balaban J connectivity index is 1.84. The SMILES string of the molecule is O=C(CNC1CCCC1)c1cscc1Br. The molecular weight excluding hydrogens is 274 g/mol. The van der Waals surface area contributed by atoms with Crippen LogP contribution in [0.25, 0.3) is 0 Å². The number of rotatable bonds is 4. The first-order valence-corrected chi connectivity index (χ1v) is 6.99. The van der Waals surface area contributed by atoms with E-state index in [0.29, 0.717) is 12.6 Å². The lowest BCUT2D eigenvalue weighted by Crippen LogP contribution is -2.31. The third kappa shape index (κ3) is 2.89. The predicted molar refractivity (Wildman–Crippen MR) is 66.6 cm³/mol. The van der Waals surface area contributed by atoms with Crippen LogP contribution in [-0.2, 0) is 0 Å². The first-order valence-electron chi connectivity index (χ1n) is 5.25. The molecule has 15 heavy (non-hydrogen) atoms. The van der Waals surface area contributed by atoms with Crippen LogP contribution in [0.3, 0.4) is 0 Å². The van der Waals surface area contributed by atoms with Crippen molar-refractivity contribution in [2.24, 2.45) is 0 Å². The van der Waals surface area contributed by atoms with Crippen molar-refractivity contribution in [3.63, 3.8) is 0 Å². The van der Waals surface area contributed by atoms with Crippen molar-refractivity contribution in [2.45, 2.75) is 31.7 Å². The molecule has 0 atom stereocenters. The van der Waals surface area contributed by atoms with Gasteiger partial charge in [-0.15, -0.1) is 0 Å². The molecule has 2 rings (SSSR count). The van der Waals surface area contributed by atoms with Gasteiger partial charge >= 0.3 is 0 Å². The van der Waals surface area contributed by atoms with Crippen molar-refractivity contribution in [3.8, 4) is 0 Å². The Kier molecular flexibility index (Phi) is 3.94. The zero-order chi connectivity index (χ0) is 10.7. The van der Waals surface area contributed by atoms with Crippen LogP contribution in [0, 0.1) is 0 Å². The maximum absolute atomic E-state index is 11.8. The Morgan fingerprint density at radius 1 is 1.47 bits per heavy atom. The lowest BCUT2D eigenvalue weighted by atomic mass is 10.2. The summed E-state index contributed by atoms with van der Waals surface area (Å²) in [5, 5.41) is 7.18. The Labute approximate surface area is 102 Å². The lowest BCUT2D eigenvalue weighted by molar-refractivity contribution is 0.0987. The highest BCUT2D eigenvalue weighted by Crippen LogP contribution is 2.22. The molecule has 1 aliphatic rings. The van der Waals surface area contributed by atoms with Gasteiger partial charge in [0.2, 0.25) is 0 Å². The molecule has 0 spiro atoms. The van der Waals surface area contributed by atoms with E-state index >= 15 is 0 Å². The summed E-state index contributed by atoms with van der Waals surface area (Å²) >= 11 is 4.94. The van der Waals surface area contributed by atoms with Crippen LogP contribution in [0.5, 0.6) is 0 Å². The molecule has 1 aromatic rings. The maximum Gasteiger partial charge on any atom is 0.178 e. The summed E-state index contributed by atoms with van der Waals surface area (Å²) in [4.78, 5) is 11.8. The molecule has 0 bridgehead atoms. The number of hydrogen-bond donors (Lipinski definition) is 1. The molecule has 82 valence electrons. The summed E-state index contributed by atoms with van der Waals surface area (Å²) in [6.07, 6.45) is 5.04. The van der Waals surface area contributed by atoms with Crippen LogP contribution in [0.1, 0.15) is 36.0 Å². The molecule has 0 aromatic carbocycles. The standard InChI is InChI=1S/C11H14BrNOS/c12-10-7-15-6-9(10)11(14)5-13-8-3-1-2-4-8/h6-8,13H,1-5H2. The average Bonchev–Trinajstić information content (AvgIpc) is 2.84. The summed E-state index contributed by atoms with van der Waals surface area (Å²) in [6.45, 7) is 0.472. The van der Waals surface area contributed by atoms with Gasteiger partial charge in [0.1, 0.15) is 0 Å². The van der Waals surface area contributed by atoms with Crippen molar-refractivity contribution in [3.05, 3.63) is 20.8 Å². The van der Waals surface area contributed by atoms with E-state index in [1.165, 1.54) is 25.7 Å². The fourth-order valence-electron chi connectivity index (χ4n) is 1.94. The molecule has 0 radical (unpaired) electrons. The fraction of sp³-hybridized carbons (Fsp3) is 0.545. The van der Waals surface area contributed by atoms with E-state index in [-0.39, 0.29) is 5.78 Å². The van der Waals surface area contributed by atoms with E-state index in [9.17, 15) is 4.79 Å². The topological polar surface area (TPSA) is 29.1 Å². The van der Waals surface area contributed by atoms with Gasteiger partial charge in [0.15, 0.2) is 5.78 Å². The van der Waals surface area contributed by atoms with Gasteiger partial charge < -0.3 is 5.32 Å². The molecule has 1 N–H and O–H groups in total. The number of carbonyl (C=O) groups is 1. The average molecular weight is 288 g/mol. The van der Waals surface area contributed by atoms with Crippen molar-refractivity contribution in [1.82, 2.24) is 5.32 Å². The minimum absolute atomic E-state index is 0.190. The molecule has 1 aliphatic carbocycles. The zero-order valence-corrected chi connectivity index (χ0v) is 10.9. The summed E-state index contributed by atoms with van der Waals surface area (Å²) in [5.41, 5.74) is 0.811. The third-order valence-electron chi connectivity index (χ3n) is 2.82. The van der Waals surface area contributed by atoms with Crippen LogP contribution in [0.15, 0.2) is 15.2 Å². The van der Waals surface area contributed by atoms with E-state index in [4.69, 9.17) is 0 Å². The second-order valence-corrected chi connectivity index (χ2v) is 5.52. The molecule has 1 aromatic heterocycles. The maximum atomic E-state index is 11.8. The van der Waals surface area contributed by atoms with E-state index in [2.05, 4.69) is 21.2 Å². The van der Waals surface area contributed by atoms with Crippen LogP contribution in [0.2, 0.25) is 0 Å². The van der Waals surface area contributed by atoms with Gasteiger partial charge in [-0.3, -0.25) is 4.79 Å². The number of carbonyl (C=O) groups excluding carboxylic acids is 1. The van der Waals surface area contributed by atoms with Gasteiger partial charge in [-0.25, -0.2) is 0 Å². The van der Waals surface area contributed by atoms with Crippen molar-refractivity contribution in [2.75, 3.05) is 6.54 Å². The second kappa shape index (κ2) is 5.23. The molecular formula is C11H14BrNOS. The highest BCUT2D eigenvalue weighted by atomic mass is 79.9. The number of thiophene rings is 1. The summed E-state index contributed by atoms with van der Waals surface area (Å²) in [6, 6.07) is 0.561. The lowest BCUT2D eigenvalue weighted by Gasteiger charge is -2.10. The van der Waals surface area contributed by atoms with Gasteiger partial charge in [-0.2, -0.15) is 11.3 Å². The molecule has 2 nitrogen and oxygen atoms in total. The molecule has 0 saturated heterocycles. The smallest absolute Gasteiger partial charge is 0.178 e. The quantitative estimate of drug-likeness (QED) is 0.862. The number of Topliss-reactive ketones (excluding diaryl/α,β-unsaturated/α-hetero) is 1. The Bertz CT molecular complexity index is 344. The molecule has 1 heterocycles. The van der Waals surface area contributed by atoms with Crippen LogP contribution < -0.4 is 5.32 Å². The van der Waals surface area contributed by atoms with Crippen LogP contribution in [-0.4, -0.2) is 18.4 Å². The molecule has 0 amide bonds. The van der Waals surface area contributed by atoms with Crippen molar-refractivity contribution < 1.29 is 4.79 Å². The Hall–Kier alpha value is -0.190. The minimum Gasteiger partial charge on any atom is -0.307 e. The molecule has 0 unspecified atom stereocenters. The van der Waals surface area contributed by atoms with Crippen LogP contribution in [0.4, 0.5) is 0 Å². The van der Waals surface area contributed by atoms with Crippen molar-refractivity contribution in [1.29, 1.82) is 0 Å².